The summed E-state index contributed by atoms with van der Waals surface area (Å²) in [7, 11) is 5.90. The maximum absolute atomic E-state index is 13.2. The molecule has 0 aliphatic rings. The van der Waals surface area contributed by atoms with E-state index in [2.05, 4.69) is 5.32 Å². The summed E-state index contributed by atoms with van der Waals surface area (Å²) < 4.78 is 6.00. The first-order valence-corrected chi connectivity index (χ1v) is 11.9. The Balaban J connectivity index is 2.07. The summed E-state index contributed by atoms with van der Waals surface area (Å²) in [5.41, 5.74) is 3.05. The Labute approximate surface area is 215 Å². The van der Waals surface area contributed by atoms with Crippen molar-refractivity contribution in [2.75, 3.05) is 5.32 Å². The number of carbonyl (C=O) groups excluding carboxylic acids is 2. The molecule has 0 unspecified atom stereocenters. The number of ketones is 1. The second-order valence-corrected chi connectivity index (χ2v) is 10.1. The molecule has 0 bridgehead atoms. The van der Waals surface area contributed by atoms with Crippen molar-refractivity contribution in [2.24, 2.45) is 5.41 Å². The maximum atomic E-state index is 13.2. The van der Waals surface area contributed by atoms with Crippen LogP contribution < -0.4 is 10.8 Å². The predicted molar refractivity (Wildman–Crippen MR) is 143 cm³/mol. The summed E-state index contributed by atoms with van der Waals surface area (Å²) in [6.45, 7) is 7.11. The molecule has 2 aromatic carbocycles. The average molecular weight is 505 g/mol. The highest BCUT2D eigenvalue weighted by Gasteiger charge is 2.32. The highest BCUT2D eigenvalue weighted by molar-refractivity contribution is 6.38. The molecular weight excluding hydrogens is 482 g/mol. The number of amides is 1. The van der Waals surface area contributed by atoms with Crippen LogP contribution in [0, 0.1) is 5.41 Å². The number of hydrogen-bond acceptors (Lipinski definition) is 4. The zero-order valence-corrected chi connectivity index (χ0v) is 21.3. The van der Waals surface area contributed by atoms with Gasteiger partial charge in [0.2, 0.25) is 17.4 Å². The molecule has 2 aromatic heterocycles. The van der Waals surface area contributed by atoms with E-state index in [1.54, 1.807) is 58.0 Å². The number of benzene rings is 2. The van der Waals surface area contributed by atoms with Crippen LogP contribution in [0.1, 0.15) is 44.7 Å². The van der Waals surface area contributed by atoms with Gasteiger partial charge in [0.1, 0.15) is 13.5 Å². The Morgan fingerprint density at radius 3 is 2.31 bits per heavy atom. The first-order chi connectivity index (χ1) is 16.5. The SMILES string of the molecule is [B]c1ccc(-c2nc3oc(C(=O)C(C)(C)C)c(NC(=O)CC)c3cc2-c2ccc(Cl)cc2)c(Cl)c1. The number of rotatable bonds is 5. The molecule has 0 saturated heterocycles. The second kappa shape index (κ2) is 9.52. The fraction of sp³-hybridized carbons (Fsp3) is 0.222. The van der Waals surface area contributed by atoms with E-state index in [1.165, 1.54) is 0 Å². The van der Waals surface area contributed by atoms with Gasteiger partial charge in [-0.3, -0.25) is 9.59 Å². The minimum atomic E-state index is -0.734. The summed E-state index contributed by atoms with van der Waals surface area (Å²) in [5.74, 6) is -0.430. The van der Waals surface area contributed by atoms with E-state index in [0.29, 0.717) is 37.8 Å². The van der Waals surface area contributed by atoms with Gasteiger partial charge in [-0.1, -0.05) is 80.6 Å². The van der Waals surface area contributed by atoms with Gasteiger partial charge < -0.3 is 9.73 Å². The van der Waals surface area contributed by atoms with Gasteiger partial charge in [0, 0.05) is 33.0 Å². The Morgan fingerprint density at radius 2 is 1.71 bits per heavy atom. The molecule has 0 aliphatic carbocycles. The van der Waals surface area contributed by atoms with Crippen LogP contribution in [0.2, 0.25) is 10.0 Å². The van der Waals surface area contributed by atoms with Crippen LogP contribution in [0.25, 0.3) is 33.5 Å². The molecule has 2 heterocycles. The zero-order valence-electron chi connectivity index (χ0n) is 19.8. The molecule has 8 heteroatoms. The van der Waals surface area contributed by atoms with Gasteiger partial charge in [0.05, 0.1) is 11.1 Å². The Morgan fingerprint density at radius 1 is 1.03 bits per heavy atom. The fourth-order valence-electron chi connectivity index (χ4n) is 3.65. The third-order valence-corrected chi connectivity index (χ3v) is 6.12. The van der Waals surface area contributed by atoms with E-state index in [9.17, 15) is 9.59 Å². The lowest BCUT2D eigenvalue weighted by atomic mass is 9.88. The molecule has 1 N–H and O–H groups in total. The maximum Gasteiger partial charge on any atom is 0.229 e. The number of carbonyl (C=O) groups is 2. The van der Waals surface area contributed by atoms with Crippen molar-refractivity contribution in [1.29, 1.82) is 0 Å². The van der Waals surface area contributed by atoms with Gasteiger partial charge in [-0.2, -0.15) is 0 Å². The van der Waals surface area contributed by atoms with E-state index in [-0.39, 0.29) is 29.6 Å². The number of nitrogens with one attached hydrogen (secondary N) is 1. The van der Waals surface area contributed by atoms with E-state index in [1.807, 2.05) is 18.2 Å². The normalized spacial score (nSPS) is 11.6. The molecular formula is C27H23BCl2N2O3. The lowest BCUT2D eigenvalue weighted by Crippen LogP contribution is -2.21. The van der Waals surface area contributed by atoms with Gasteiger partial charge in [-0.15, -0.1) is 0 Å². The Kier molecular flexibility index (Phi) is 6.80. The van der Waals surface area contributed by atoms with Crippen LogP contribution >= 0.6 is 23.2 Å². The van der Waals surface area contributed by atoms with Crippen molar-refractivity contribution < 1.29 is 14.0 Å². The summed E-state index contributed by atoms with van der Waals surface area (Å²) in [4.78, 5) is 30.4. The van der Waals surface area contributed by atoms with Gasteiger partial charge in [0.25, 0.3) is 0 Å². The fourth-order valence-corrected chi connectivity index (χ4v) is 4.06. The molecule has 35 heavy (non-hydrogen) atoms. The number of nitrogens with zero attached hydrogens (tertiary/aromatic N) is 1. The highest BCUT2D eigenvalue weighted by atomic mass is 35.5. The van der Waals surface area contributed by atoms with Crippen LogP contribution in [-0.4, -0.2) is 24.5 Å². The summed E-state index contributed by atoms with van der Waals surface area (Å²) >= 11 is 12.7. The van der Waals surface area contributed by atoms with Crippen molar-refractivity contribution in [3.63, 3.8) is 0 Å². The van der Waals surface area contributed by atoms with Crippen LogP contribution in [0.15, 0.2) is 52.9 Å². The van der Waals surface area contributed by atoms with Gasteiger partial charge in [-0.25, -0.2) is 4.98 Å². The zero-order chi connectivity index (χ0) is 25.5. The Bertz CT molecular complexity index is 1450. The van der Waals surface area contributed by atoms with Gasteiger partial charge in [-0.05, 0) is 29.8 Å². The molecule has 0 saturated carbocycles. The third kappa shape index (κ3) is 5.00. The van der Waals surface area contributed by atoms with E-state index >= 15 is 0 Å². The number of furan rings is 1. The number of aromatic nitrogens is 1. The molecule has 176 valence electrons. The predicted octanol–water partition coefficient (Wildman–Crippen LogP) is 6.84. The van der Waals surface area contributed by atoms with E-state index < -0.39 is 5.41 Å². The van der Waals surface area contributed by atoms with E-state index in [0.717, 1.165) is 11.1 Å². The highest BCUT2D eigenvalue weighted by Crippen LogP contribution is 2.41. The van der Waals surface area contributed by atoms with Crippen molar-refractivity contribution >= 4 is 65.0 Å². The molecule has 0 atom stereocenters. The van der Waals surface area contributed by atoms with Crippen LogP contribution in [0.4, 0.5) is 5.69 Å². The molecule has 5 nitrogen and oxygen atoms in total. The lowest BCUT2D eigenvalue weighted by molar-refractivity contribution is -0.115. The number of Topliss-reactive ketones (excluding diaryl/α,β-unsaturated/α-hetero) is 1. The minimum Gasteiger partial charge on any atom is -0.432 e. The summed E-state index contributed by atoms with van der Waals surface area (Å²) in [6, 6.07) is 14.3. The number of anilines is 1. The number of hydrogen-bond donors (Lipinski definition) is 1. The van der Waals surface area contributed by atoms with Crippen molar-refractivity contribution in [2.45, 2.75) is 34.1 Å². The standard InChI is InChI=1S/C27H23BCl2N2O3/c1-5-21(33)31-23-19-13-18(14-6-9-16(29)10-7-14)22(17-11-8-15(28)12-20(17)30)32-26(19)35-24(23)25(34)27(2,3)4/h6-13H,5H2,1-4H3,(H,31,33). The van der Waals surface area contributed by atoms with Crippen molar-refractivity contribution in [1.82, 2.24) is 4.98 Å². The summed E-state index contributed by atoms with van der Waals surface area (Å²) in [6.07, 6.45) is 0.242. The minimum absolute atomic E-state index is 0.0596. The average Bonchev–Trinajstić information content (AvgIpc) is 3.14. The number of fused-ring (bicyclic) bond motifs is 1. The van der Waals surface area contributed by atoms with Crippen LogP contribution in [-0.2, 0) is 4.79 Å². The number of halogens is 2. The topological polar surface area (TPSA) is 72.2 Å². The molecule has 0 spiro atoms. The van der Waals surface area contributed by atoms with Gasteiger partial charge in [0.15, 0.2) is 5.76 Å². The molecule has 0 fully saturated rings. The lowest BCUT2D eigenvalue weighted by Gasteiger charge is -2.15. The number of pyridine rings is 1. The third-order valence-electron chi connectivity index (χ3n) is 5.56. The second-order valence-electron chi connectivity index (χ2n) is 9.27. The molecule has 2 radical (unpaired) electrons. The molecule has 4 aromatic rings. The first kappa shape index (κ1) is 25.0. The van der Waals surface area contributed by atoms with Crippen LogP contribution in [0.5, 0.6) is 0 Å². The van der Waals surface area contributed by atoms with Gasteiger partial charge >= 0.3 is 0 Å². The Hall–Kier alpha value is -3.09. The van der Waals surface area contributed by atoms with E-state index in [4.69, 9.17) is 40.4 Å². The largest absolute Gasteiger partial charge is 0.432 e. The monoisotopic (exact) mass is 504 g/mol. The molecule has 0 aliphatic heterocycles. The van der Waals surface area contributed by atoms with Crippen molar-refractivity contribution in [3.8, 4) is 22.4 Å². The quantitative estimate of drug-likeness (QED) is 0.238. The smallest absolute Gasteiger partial charge is 0.229 e. The molecule has 4 rings (SSSR count). The van der Waals surface area contributed by atoms with Crippen molar-refractivity contribution in [3.05, 3.63) is 64.3 Å². The first-order valence-electron chi connectivity index (χ1n) is 11.1. The summed E-state index contributed by atoms with van der Waals surface area (Å²) in [5, 5.41) is 4.37. The molecule has 1 amide bonds. The van der Waals surface area contributed by atoms with Crippen LogP contribution in [0.3, 0.4) is 0 Å².